The summed E-state index contributed by atoms with van der Waals surface area (Å²) in [7, 11) is 0. The van der Waals surface area contributed by atoms with Crippen molar-refractivity contribution >= 4 is 16.9 Å². The van der Waals surface area contributed by atoms with Gasteiger partial charge in [-0.15, -0.1) is 0 Å². The Labute approximate surface area is 166 Å². The van der Waals surface area contributed by atoms with Crippen molar-refractivity contribution in [1.82, 2.24) is 30.5 Å². The van der Waals surface area contributed by atoms with E-state index in [1.807, 2.05) is 19.1 Å². The minimum Gasteiger partial charge on any atom is -0.477 e. The van der Waals surface area contributed by atoms with Crippen LogP contribution in [0.2, 0.25) is 0 Å². The maximum atomic E-state index is 5.68. The number of hydrogen-bond donors (Lipinski definition) is 2. The molecule has 8 nitrogen and oxygen atoms in total. The molecule has 0 spiro atoms. The Morgan fingerprint density at radius 2 is 2.21 bits per heavy atom. The minimum absolute atomic E-state index is 0. The van der Waals surface area contributed by atoms with E-state index >= 15 is 0 Å². The number of H-pyrrole nitrogens is 1. The van der Waals surface area contributed by atoms with E-state index < -0.39 is 0 Å². The lowest BCUT2D eigenvalue weighted by molar-refractivity contribution is 0.331. The summed E-state index contributed by atoms with van der Waals surface area (Å²) in [6.45, 7) is 9.88. The van der Waals surface area contributed by atoms with Gasteiger partial charge in [0.25, 0.3) is 0 Å². The second kappa shape index (κ2) is 8.10. The molecule has 0 radical (unpaired) electrons. The predicted octanol–water partition coefficient (Wildman–Crippen LogP) is 2.88. The molecule has 0 aromatic carbocycles. The van der Waals surface area contributed by atoms with E-state index in [4.69, 9.17) is 9.72 Å². The number of piperazine rings is 1. The van der Waals surface area contributed by atoms with Crippen LogP contribution < -0.4 is 15.0 Å². The average Bonchev–Trinajstić information content (AvgIpc) is 3.13. The van der Waals surface area contributed by atoms with Crippen LogP contribution in [0.15, 0.2) is 24.5 Å². The topological polar surface area (TPSA) is 91.9 Å². The molecule has 4 heterocycles. The number of aromatic nitrogens is 5. The molecule has 1 atom stereocenters. The molecule has 0 saturated carbocycles. The number of nitrogens with zero attached hydrogens (tertiary/aromatic N) is 5. The van der Waals surface area contributed by atoms with E-state index in [9.17, 15) is 0 Å². The summed E-state index contributed by atoms with van der Waals surface area (Å²) in [6, 6.07) is 6.57. The fourth-order valence-electron chi connectivity index (χ4n) is 3.76. The van der Waals surface area contributed by atoms with Crippen LogP contribution in [0.25, 0.3) is 22.4 Å². The van der Waals surface area contributed by atoms with Crippen molar-refractivity contribution in [3.8, 4) is 17.3 Å². The van der Waals surface area contributed by atoms with Crippen molar-refractivity contribution < 1.29 is 6.16 Å². The molecule has 1 unspecified atom stereocenters. The van der Waals surface area contributed by atoms with E-state index in [1.54, 1.807) is 0 Å². The van der Waals surface area contributed by atoms with Crippen LogP contribution in [0, 0.1) is 5.92 Å². The van der Waals surface area contributed by atoms with Gasteiger partial charge in [0.2, 0.25) is 5.88 Å². The number of anilines is 1. The summed E-state index contributed by atoms with van der Waals surface area (Å²) in [5.41, 5.74) is 2.18. The largest absolute Gasteiger partial charge is 0.477 e. The van der Waals surface area contributed by atoms with Gasteiger partial charge in [-0.1, -0.05) is 19.9 Å². The standard InChI is InChI=1S/C20H27N7O.H2/c1-4-28-20-17-18(25-26-19(17)22-12-23-20)15-6-5-7-16(24-15)27-9-8-21-14(11-27)10-13(2)3;/h5-7,12-14,21H,4,8-11H2,1-3H3,(H,22,23,25,26);1H. The Kier molecular flexibility index (Phi) is 5.38. The Bertz CT molecular complexity index is 945. The molecular formula is C20H29N7O. The van der Waals surface area contributed by atoms with E-state index in [0.29, 0.717) is 30.1 Å². The number of hydrogen-bond acceptors (Lipinski definition) is 7. The van der Waals surface area contributed by atoms with Gasteiger partial charge in [0.1, 0.15) is 17.5 Å². The van der Waals surface area contributed by atoms with Gasteiger partial charge in [-0.25, -0.2) is 15.0 Å². The van der Waals surface area contributed by atoms with Gasteiger partial charge >= 0.3 is 0 Å². The Balaban J connectivity index is 0.00000240. The first-order valence-electron chi connectivity index (χ1n) is 9.93. The van der Waals surface area contributed by atoms with Gasteiger partial charge in [-0.3, -0.25) is 5.10 Å². The summed E-state index contributed by atoms with van der Waals surface area (Å²) in [5, 5.41) is 11.8. The van der Waals surface area contributed by atoms with Crippen LogP contribution in [0.3, 0.4) is 0 Å². The van der Waals surface area contributed by atoms with E-state index in [0.717, 1.165) is 48.6 Å². The first kappa shape index (κ1) is 18.6. The molecule has 0 bridgehead atoms. The lowest BCUT2D eigenvalue weighted by Gasteiger charge is -2.35. The average molecular weight is 384 g/mol. The second-order valence-electron chi connectivity index (χ2n) is 7.52. The van der Waals surface area contributed by atoms with Gasteiger partial charge in [-0.05, 0) is 31.4 Å². The Morgan fingerprint density at radius 1 is 1.32 bits per heavy atom. The predicted molar refractivity (Wildman–Crippen MR) is 112 cm³/mol. The number of nitrogens with one attached hydrogen (secondary N) is 2. The smallest absolute Gasteiger partial charge is 0.228 e. The summed E-state index contributed by atoms with van der Waals surface area (Å²) in [5.74, 6) is 2.18. The van der Waals surface area contributed by atoms with Gasteiger partial charge in [-0.2, -0.15) is 5.10 Å². The van der Waals surface area contributed by atoms with Crippen molar-refractivity contribution in [2.75, 3.05) is 31.1 Å². The molecule has 3 aromatic rings. The Hall–Kier alpha value is -2.74. The maximum absolute atomic E-state index is 5.68. The summed E-state index contributed by atoms with van der Waals surface area (Å²) < 4.78 is 5.68. The maximum Gasteiger partial charge on any atom is 0.228 e. The van der Waals surface area contributed by atoms with E-state index in [-0.39, 0.29) is 1.43 Å². The highest BCUT2D eigenvalue weighted by Gasteiger charge is 2.22. The summed E-state index contributed by atoms with van der Waals surface area (Å²) in [6.07, 6.45) is 2.63. The third kappa shape index (κ3) is 3.77. The number of ether oxygens (including phenoxy) is 1. The molecule has 0 aliphatic carbocycles. The number of fused-ring (bicyclic) bond motifs is 1. The molecular weight excluding hydrogens is 354 g/mol. The molecule has 3 aromatic heterocycles. The van der Waals surface area contributed by atoms with E-state index in [2.05, 4.69) is 50.3 Å². The molecule has 1 saturated heterocycles. The highest BCUT2D eigenvalue weighted by molar-refractivity contribution is 5.93. The zero-order valence-electron chi connectivity index (χ0n) is 16.6. The first-order chi connectivity index (χ1) is 13.7. The van der Waals surface area contributed by atoms with Gasteiger partial charge in [0.15, 0.2) is 5.65 Å². The molecule has 1 aliphatic heterocycles. The van der Waals surface area contributed by atoms with Gasteiger partial charge in [0.05, 0.1) is 18.0 Å². The van der Waals surface area contributed by atoms with Crippen LogP contribution in [-0.2, 0) is 0 Å². The molecule has 8 heteroatoms. The SMILES string of the molecule is CCOc1ncnc2n[nH]c(-c3cccc(N4CCNC(CC(C)C)C4)n3)c12.[HH]. The molecule has 28 heavy (non-hydrogen) atoms. The first-order valence-corrected chi connectivity index (χ1v) is 9.93. The van der Waals surface area contributed by atoms with Crippen LogP contribution in [-0.4, -0.2) is 57.4 Å². The lowest BCUT2D eigenvalue weighted by Crippen LogP contribution is -2.51. The highest BCUT2D eigenvalue weighted by atomic mass is 16.5. The molecule has 1 aliphatic rings. The number of pyridine rings is 1. The van der Waals surface area contributed by atoms with Crippen molar-refractivity contribution in [3.05, 3.63) is 24.5 Å². The number of rotatable bonds is 6. The van der Waals surface area contributed by atoms with Crippen molar-refractivity contribution in [2.45, 2.75) is 33.2 Å². The Morgan fingerprint density at radius 3 is 3.04 bits per heavy atom. The molecule has 2 N–H and O–H groups in total. The highest BCUT2D eigenvalue weighted by Crippen LogP contribution is 2.31. The molecule has 0 amide bonds. The molecule has 1 fully saturated rings. The van der Waals surface area contributed by atoms with Crippen LogP contribution in [0.4, 0.5) is 5.82 Å². The third-order valence-electron chi connectivity index (χ3n) is 4.92. The van der Waals surface area contributed by atoms with Crippen LogP contribution in [0.5, 0.6) is 5.88 Å². The minimum atomic E-state index is 0. The van der Waals surface area contributed by atoms with Crippen molar-refractivity contribution in [3.63, 3.8) is 0 Å². The third-order valence-corrected chi connectivity index (χ3v) is 4.92. The monoisotopic (exact) mass is 383 g/mol. The van der Waals surface area contributed by atoms with Crippen molar-refractivity contribution in [1.29, 1.82) is 0 Å². The normalized spacial score (nSPS) is 17.4. The number of aromatic amines is 1. The zero-order chi connectivity index (χ0) is 19.5. The van der Waals surface area contributed by atoms with Crippen molar-refractivity contribution in [2.24, 2.45) is 5.92 Å². The summed E-state index contributed by atoms with van der Waals surface area (Å²) in [4.78, 5) is 15.8. The van der Waals surface area contributed by atoms with E-state index in [1.165, 1.54) is 6.33 Å². The lowest BCUT2D eigenvalue weighted by atomic mass is 10.0. The fourth-order valence-corrected chi connectivity index (χ4v) is 3.76. The summed E-state index contributed by atoms with van der Waals surface area (Å²) >= 11 is 0. The van der Waals surface area contributed by atoms with Gasteiger partial charge < -0.3 is 15.0 Å². The van der Waals surface area contributed by atoms with Crippen LogP contribution in [0.1, 0.15) is 28.6 Å². The second-order valence-corrected chi connectivity index (χ2v) is 7.52. The zero-order valence-corrected chi connectivity index (χ0v) is 16.6. The molecule has 4 rings (SSSR count). The fraction of sp³-hybridized carbons (Fsp3) is 0.500. The van der Waals surface area contributed by atoms with Crippen LogP contribution >= 0.6 is 0 Å². The molecule has 150 valence electrons. The quantitative estimate of drug-likeness (QED) is 0.676. The van der Waals surface area contributed by atoms with Gasteiger partial charge in [0, 0.05) is 27.1 Å².